The molecule has 2 aromatic rings. The van der Waals surface area contributed by atoms with Crippen molar-refractivity contribution in [3.63, 3.8) is 0 Å². The summed E-state index contributed by atoms with van der Waals surface area (Å²) in [6.07, 6.45) is 2.86. The average Bonchev–Trinajstić information content (AvgIpc) is 2.39. The van der Waals surface area contributed by atoms with Crippen LogP contribution in [0.5, 0.6) is 0 Å². The highest BCUT2D eigenvalue weighted by atomic mass is 35.5. The molecule has 0 saturated heterocycles. The van der Waals surface area contributed by atoms with Crippen molar-refractivity contribution in [3.8, 4) is 0 Å². The van der Waals surface area contributed by atoms with Crippen molar-refractivity contribution in [2.24, 2.45) is 0 Å². The lowest BCUT2D eigenvalue weighted by molar-refractivity contribution is 0.104. The zero-order valence-corrected chi connectivity index (χ0v) is 10.7. The Labute approximate surface area is 115 Å². The van der Waals surface area contributed by atoms with Crippen LogP contribution in [0.1, 0.15) is 10.4 Å². The second-order valence-electron chi connectivity index (χ2n) is 3.86. The average molecular weight is 276 g/mol. The predicted molar refractivity (Wildman–Crippen MR) is 74.9 cm³/mol. The zero-order valence-electron chi connectivity index (χ0n) is 9.94. The number of halogens is 2. The van der Waals surface area contributed by atoms with E-state index in [1.165, 1.54) is 24.4 Å². The lowest BCUT2D eigenvalue weighted by atomic mass is 10.1. The topological polar surface area (TPSA) is 29.1 Å². The SMILES string of the molecule is O=C(/C=C/Nc1cccc(F)c1)c1ccc(Cl)cc1. The number of benzene rings is 2. The van der Waals surface area contributed by atoms with Crippen LogP contribution in [-0.2, 0) is 0 Å². The molecule has 0 fully saturated rings. The summed E-state index contributed by atoms with van der Waals surface area (Å²) < 4.78 is 12.9. The number of allylic oxidation sites excluding steroid dienone is 1. The first-order valence-electron chi connectivity index (χ1n) is 5.64. The van der Waals surface area contributed by atoms with Crippen LogP contribution < -0.4 is 5.32 Å². The van der Waals surface area contributed by atoms with Crippen molar-refractivity contribution >= 4 is 23.1 Å². The fraction of sp³-hybridized carbons (Fsp3) is 0. The molecule has 96 valence electrons. The van der Waals surface area contributed by atoms with Crippen LogP contribution in [-0.4, -0.2) is 5.78 Å². The number of rotatable bonds is 4. The van der Waals surface area contributed by atoms with Crippen molar-refractivity contribution in [2.75, 3.05) is 5.32 Å². The van der Waals surface area contributed by atoms with Gasteiger partial charge >= 0.3 is 0 Å². The van der Waals surface area contributed by atoms with Gasteiger partial charge in [0.15, 0.2) is 5.78 Å². The van der Waals surface area contributed by atoms with Gasteiger partial charge in [0.2, 0.25) is 0 Å². The van der Waals surface area contributed by atoms with E-state index in [4.69, 9.17) is 11.6 Å². The van der Waals surface area contributed by atoms with Gasteiger partial charge in [-0.2, -0.15) is 0 Å². The van der Waals surface area contributed by atoms with Gasteiger partial charge < -0.3 is 5.32 Å². The van der Waals surface area contributed by atoms with E-state index in [0.29, 0.717) is 16.3 Å². The first-order chi connectivity index (χ1) is 9.15. The standard InChI is InChI=1S/C15H11ClFNO/c16-12-6-4-11(5-7-12)15(19)8-9-18-14-3-1-2-13(17)10-14/h1-10,18H/b9-8+. The molecule has 0 amide bonds. The zero-order chi connectivity index (χ0) is 13.7. The van der Waals surface area contributed by atoms with Crippen LogP contribution in [0.2, 0.25) is 5.02 Å². The number of carbonyl (C=O) groups is 1. The molecule has 0 heterocycles. The number of hydrogen-bond donors (Lipinski definition) is 1. The van der Waals surface area contributed by atoms with E-state index in [0.717, 1.165) is 0 Å². The molecule has 0 saturated carbocycles. The molecule has 0 aromatic heterocycles. The fourth-order valence-corrected chi connectivity index (χ4v) is 1.63. The van der Waals surface area contributed by atoms with Crippen LogP contribution in [0, 0.1) is 5.82 Å². The summed E-state index contributed by atoms with van der Waals surface area (Å²) in [6, 6.07) is 12.6. The van der Waals surface area contributed by atoms with Crippen molar-refractivity contribution in [1.82, 2.24) is 0 Å². The highest BCUT2D eigenvalue weighted by Crippen LogP contribution is 2.11. The summed E-state index contributed by atoms with van der Waals surface area (Å²) in [4.78, 5) is 11.8. The first-order valence-corrected chi connectivity index (χ1v) is 6.01. The molecule has 1 N–H and O–H groups in total. The van der Waals surface area contributed by atoms with Gasteiger partial charge in [0.25, 0.3) is 0 Å². The number of anilines is 1. The summed E-state index contributed by atoms with van der Waals surface area (Å²) >= 11 is 5.74. The molecule has 2 rings (SSSR count). The van der Waals surface area contributed by atoms with Crippen molar-refractivity contribution in [1.29, 1.82) is 0 Å². The predicted octanol–water partition coefficient (Wildman–Crippen LogP) is 4.29. The number of carbonyl (C=O) groups excluding carboxylic acids is 1. The van der Waals surface area contributed by atoms with Crippen LogP contribution in [0.4, 0.5) is 10.1 Å². The van der Waals surface area contributed by atoms with Crippen LogP contribution in [0.3, 0.4) is 0 Å². The molecule has 0 unspecified atom stereocenters. The second-order valence-corrected chi connectivity index (χ2v) is 4.30. The van der Waals surface area contributed by atoms with Crippen molar-refractivity contribution < 1.29 is 9.18 Å². The van der Waals surface area contributed by atoms with Gasteiger partial charge in [0.1, 0.15) is 5.82 Å². The van der Waals surface area contributed by atoms with Gasteiger partial charge in [-0.1, -0.05) is 17.7 Å². The third-order valence-electron chi connectivity index (χ3n) is 2.44. The largest absolute Gasteiger partial charge is 0.361 e. The number of nitrogens with one attached hydrogen (secondary N) is 1. The first kappa shape index (κ1) is 13.3. The van der Waals surface area contributed by atoms with Gasteiger partial charge in [-0.05, 0) is 42.5 Å². The third-order valence-corrected chi connectivity index (χ3v) is 2.69. The Morgan fingerprint density at radius 1 is 1.16 bits per heavy atom. The van der Waals surface area contributed by atoms with Crippen LogP contribution in [0.15, 0.2) is 60.8 Å². The minimum absolute atomic E-state index is 0.152. The van der Waals surface area contributed by atoms with Crippen LogP contribution in [0.25, 0.3) is 0 Å². The Bertz CT molecular complexity index is 608. The molecule has 0 bridgehead atoms. The quantitative estimate of drug-likeness (QED) is 0.666. The minimum atomic E-state index is -0.331. The van der Waals surface area contributed by atoms with E-state index >= 15 is 0 Å². The molecule has 0 aliphatic heterocycles. The molecule has 19 heavy (non-hydrogen) atoms. The van der Waals surface area contributed by atoms with E-state index in [-0.39, 0.29) is 11.6 Å². The third kappa shape index (κ3) is 3.93. The Hall–Kier alpha value is -2.13. The normalized spacial score (nSPS) is 10.6. The maximum Gasteiger partial charge on any atom is 0.187 e. The molecular weight excluding hydrogens is 265 g/mol. The second kappa shape index (κ2) is 6.16. The minimum Gasteiger partial charge on any atom is -0.361 e. The smallest absolute Gasteiger partial charge is 0.187 e. The molecule has 0 aliphatic carbocycles. The number of ketones is 1. The molecule has 0 aliphatic rings. The summed E-state index contributed by atoms with van der Waals surface area (Å²) in [7, 11) is 0. The monoisotopic (exact) mass is 275 g/mol. The highest BCUT2D eigenvalue weighted by Gasteiger charge is 2.00. The molecule has 2 nitrogen and oxygen atoms in total. The maximum atomic E-state index is 12.9. The van der Waals surface area contributed by atoms with Gasteiger partial charge in [0.05, 0.1) is 0 Å². The van der Waals surface area contributed by atoms with Crippen molar-refractivity contribution in [2.45, 2.75) is 0 Å². The van der Waals surface area contributed by atoms with Gasteiger partial charge in [0, 0.05) is 28.5 Å². The molecular formula is C15H11ClFNO. The summed E-state index contributed by atoms with van der Waals surface area (Å²) in [5.41, 5.74) is 1.13. The van der Waals surface area contributed by atoms with Crippen molar-refractivity contribution in [3.05, 3.63) is 77.2 Å². The Balaban J connectivity index is 1.99. The maximum absolute atomic E-state index is 12.9. The molecule has 0 atom stereocenters. The van der Waals surface area contributed by atoms with Gasteiger partial charge in [-0.3, -0.25) is 4.79 Å². The van der Waals surface area contributed by atoms with Gasteiger partial charge in [-0.15, -0.1) is 0 Å². The Morgan fingerprint density at radius 2 is 1.89 bits per heavy atom. The summed E-state index contributed by atoms with van der Waals surface area (Å²) in [5.74, 6) is -0.483. The van der Waals surface area contributed by atoms with Gasteiger partial charge in [-0.25, -0.2) is 4.39 Å². The lowest BCUT2D eigenvalue weighted by Crippen LogP contribution is -1.96. The number of hydrogen-bond acceptors (Lipinski definition) is 2. The van der Waals surface area contributed by atoms with E-state index in [1.54, 1.807) is 36.4 Å². The summed E-state index contributed by atoms with van der Waals surface area (Å²) in [5, 5.41) is 3.41. The molecule has 0 radical (unpaired) electrons. The molecule has 2 aromatic carbocycles. The highest BCUT2D eigenvalue weighted by molar-refractivity contribution is 6.30. The fourth-order valence-electron chi connectivity index (χ4n) is 1.50. The Morgan fingerprint density at radius 3 is 2.58 bits per heavy atom. The molecule has 0 spiro atoms. The van der Waals surface area contributed by atoms with E-state index < -0.39 is 0 Å². The van der Waals surface area contributed by atoms with E-state index in [2.05, 4.69) is 5.32 Å². The molecule has 4 heteroatoms. The Kier molecular flexibility index (Phi) is 4.31. The van der Waals surface area contributed by atoms with E-state index in [1.807, 2.05) is 0 Å². The lowest BCUT2D eigenvalue weighted by Gasteiger charge is -2.00. The van der Waals surface area contributed by atoms with Crippen LogP contribution >= 0.6 is 11.6 Å². The summed E-state index contributed by atoms with van der Waals surface area (Å²) in [6.45, 7) is 0. The van der Waals surface area contributed by atoms with E-state index in [9.17, 15) is 9.18 Å².